The van der Waals surface area contributed by atoms with E-state index in [1.54, 1.807) is 32.4 Å². The number of ether oxygens (including phenoxy) is 3. The molecule has 0 unspecified atom stereocenters. The molecule has 0 amide bonds. The highest BCUT2D eigenvalue weighted by Crippen LogP contribution is 2.19. The Hall–Kier alpha value is -2.54. The molecule has 7 heteroatoms. The van der Waals surface area contributed by atoms with Crippen LogP contribution in [-0.2, 0) is 14.3 Å². The summed E-state index contributed by atoms with van der Waals surface area (Å²) in [5, 5.41) is 0. The summed E-state index contributed by atoms with van der Waals surface area (Å²) in [7, 11) is 0. The zero-order chi connectivity index (χ0) is 22.7. The van der Waals surface area contributed by atoms with Crippen LogP contribution in [0.4, 0.5) is 0 Å². The van der Waals surface area contributed by atoms with Crippen molar-refractivity contribution in [2.24, 2.45) is 0 Å². The number of pyridine rings is 1. The fraction of sp³-hybridized carbons (Fsp3) is 0.583. The van der Waals surface area contributed by atoms with Gasteiger partial charge in [-0.1, -0.05) is 19.3 Å². The molecule has 0 aromatic carbocycles. The van der Waals surface area contributed by atoms with Gasteiger partial charge in [0, 0.05) is 24.6 Å². The van der Waals surface area contributed by atoms with E-state index in [0.29, 0.717) is 13.2 Å². The lowest BCUT2D eigenvalue weighted by Crippen LogP contribution is -2.41. The first-order chi connectivity index (χ1) is 14.7. The summed E-state index contributed by atoms with van der Waals surface area (Å²) >= 11 is 0. The average Bonchev–Trinajstić information content (AvgIpc) is 2.72. The van der Waals surface area contributed by atoms with E-state index in [-0.39, 0.29) is 5.97 Å². The fourth-order valence-electron chi connectivity index (χ4n) is 2.78. The number of unbranched alkanes of at least 4 members (excludes halogenated alkanes) is 4. The summed E-state index contributed by atoms with van der Waals surface area (Å²) in [6, 6.07) is 3.83. The lowest BCUT2D eigenvalue weighted by atomic mass is 10.1. The number of hydrogen-bond donors (Lipinski definition) is 0. The van der Waals surface area contributed by atoms with Crippen molar-refractivity contribution in [3.63, 3.8) is 0 Å². The van der Waals surface area contributed by atoms with Gasteiger partial charge in [0.15, 0.2) is 5.60 Å². The maximum atomic E-state index is 12.2. The molecule has 2 heterocycles. The first-order valence-electron chi connectivity index (χ1n) is 10.9. The Bertz CT molecular complexity index is 787. The molecule has 0 saturated carbocycles. The van der Waals surface area contributed by atoms with Crippen LogP contribution in [0.3, 0.4) is 0 Å². The smallest absolute Gasteiger partial charge is 0.338 e. The lowest BCUT2D eigenvalue weighted by Gasteiger charge is -2.28. The number of rotatable bonds is 12. The number of carbonyl (C=O) groups is 1. The second-order valence-corrected chi connectivity index (χ2v) is 8.98. The van der Waals surface area contributed by atoms with Gasteiger partial charge in [0.05, 0.1) is 18.5 Å². The summed E-state index contributed by atoms with van der Waals surface area (Å²) < 4.78 is 16.9. The molecule has 2 rings (SSSR count). The van der Waals surface area contributed by atoms with Crippen molar-refractivity contribution in [2.45, 2.75) is 77.9 Å². The van der Waals surface area contributed by atoms with E-state index in [9.17, 15) is 4.79 Å². The second-order valence-electron chi connectivity index (χ2n) is 8.98. The van der Waals surface area contributed by atoms with E-state index in [2.05, 4.69) is 15.0 Å². The van der Waals surface area contributed by atoms with Gasteiger partial charge in [-0.05, 0) is 59.6 Å². The van der Waals surface area contributed by atoms with Crippen LogP contribution >= 0.6 is 0 Å². The summed E-state index contributed by atoms with van der Waals surface area (Å²) in [5.74, 6) is 0.440. The standard InChI is InChI=1S/C24H35N3O4/c1-23(2,3)31-22(28)24(4,5)30-14-10-8-6-7-9-13-29-20-11-12-21(27-17-20)19-15-25-18-26-16-19/h11-12,15-18H,6-10,13-14H2,1-5H3. The normalized spacial score (nSPS) is 11.9. The minimum absolute atomic E-state index is 0.322. The van der Waals surface area contributed by atoms with Crippen molar-refractivity contribution >= 4 is 5.97 Å². The number of esters is 1. The number of nitrogens with zero attached hydrogens (tertiary/aromatic N) is 3. The summed E-state index contributed by atoms with van der Waals surface area (Å²) in [6.07, 6.45) is 11.8. The molecule has 0 N–H and O–H groups in total. The van der Waals surface area contributed by atoms with Crippen LogP contribution in [0.1, 0.15) is 66.7 Å². The van der Waals surface area contributed by atoms with Gasteiger partial charge in [-0.2, -0.15) is 0 Å². The molecular formula is C24H35N3O4. The first-order valence-corrected chi connectivity index (χ1v) is 10.9. The third-order valence-corrected chi connectivity index (χ3v) is 4.50. The highest BCUT2D eigenvalue weighted by Gasteiger charge is 2.33. The van der Waals surface area contributed by atoms with Crippen LogP contribution in [-0.4, -0.2) is 45.3 Å². The summed E-state index contributed by atoms with van der Waals surface area (Å²) in [6.45, 7) is 10.3. The highest BCUT2D eigenvalue weighted by atomic mass is 16.6. The Balaban J connectivity index is 1.53. The molecule has 170 valence electrons. The zero-order valence-electron chi connectivity index (χ0n) is 19.4. The lowest BCUT2D eigenvalue weighted by molar-refractivity contribution is -0.179. The van der Waals surface area contributed by atoms with Crippen molar-refractivity contribution in [2.75, 3.05) is 13.2 Å². The summed E-state index contributed by atoms with van der Waals surface area (Å²) in [4.78, 5) is 24.6. The Morgan fingerprint density at radius 3 is 2.13 bits per heavy atom. The number of hydrogen-bond acceptors (Lipinski definition) is 7. The average molecular weight is 430 g/mol. The second kappa shape index (κ2) is 11.7. The third kappa shape index (κ3) is 9.42. The highest BCUT2D eigenvalue weighted by molar-refractivity contribution is 5.78. The van der Waals surface area contributed by atoms with E-state index in [4.69, 9.17) is 14.2 Å². The largest absolute Gasteiger partial charge is 0.492 e. The predicted molar refractivity (Wildman–Crippen MR) is 120 cm³/mol. The molecule has 0 atom stereocenters. The van der Waals surface area contributed by atoms with Crippen LogP contribution in [0, 0.1) is 0 Å². The summed E-state index contributed by atoms with van der Waals surface area (Å²) in [5.41, 5.74) is 0.282. The predicted octanol–water partition coefficient (Wildman–Crippen LogP) is 5.00. The minimum Gasteiger partial charge on any atom is -0.492 e. The van der Waals surface area contributed by atoms with Gasteiger partial charge in [0.2, 0.25) is 0 Å². The molecule has 0 spiro atoms. The molecule has 2 aromatic heterocycles. The molecule has 31 heavy (non-hydrogen) atoms. The molecule has 0 radical (unpaired) electrons. The van der Waals surface area contributed by atoms with Crippen molar-refractivity contribution in [1.82, 2.24) is 15.0 Å². The number of aromatic nitrogens is 3. The Kier molecular flexibility index (Phi) is 9.37. The monoisotopic (exact) mass is 429 g/mol. The number of carbonyl (C=O) groups excluding carboxylic acids is 1. The van der Waals surface area contributed by atoms with Crippen molar-refractivity contribution < 1.29 is 19.0 Å². The van der Waals surface area contributed by atoms with Crippen LogP contribution in [0.2, 0.25) is 0 Å². The van der Waals surface area contributed by atoms with Gasteiger partial charge >= 0.3 is 5.97 Å². The maximum Gasteiger partial charge on any atom is 0.338 e. The van der Waals surface area contributed by atoms with E-state index >= 15 is 0 Å². The quantitative estimate of drug-likeness (QED) is 0.346. The van der Waals surface area contributed by atoms with E-state index in [1.807, 2.05) is 32.9 Å². The first kappa shape index (κ1) is 24.7. The Morgan fingerprint density at radius 2 is 1.52 bits per heavy atom. The molecule has 0 aliphatic heterocycles. The Labute approximate surface area is 185 Å². The molecule has 0 aliphatic rings. The van der Waals surface area contributed by atoms with Crippen molar-refractivity contribution in [3.05, 3.63) is 37.1 Å². The topological polar surface area (TPSA) is 83.4 Å². The van der Waals surface area contributed by atoms with Gasteiger partial charge < -0.3 is 14.2 Å². The van der Waals surface area contributed by atoms with Gasteiger partial charge in [0.25, 0.3) is 0 Å². The van der Waals surface area contributed by atoms with Gasteiger partial charge in [-0.15, -0.1) is 0 Å². The van der Waals surface area contributed by atoms with Gasteiger partial charge in [-0.25, -0.2) is 14.8 Å². The molecule has 7 nitrogen and oxygen atoms in total. The molecule has 0 bridgehead atoms. The Morgan fingerprint density at radius 1 is 0.871 bits per heavy atom. The fourth-order valence-corrected chi connectivity index (χ4v) is 2.78. The third-order valence-electron chi connectivity index (χ3n) is 4.50. The SMILES string of the molecule is CC(C)(C)OC(=O)C(C)(C)OCCCCCCCOc1ccc(-c2cncnc2)nc1. The molecule has 0 aliphatic carbocycles. The van der Waals surface area contributed by atoms with Crippen LogP contribution in [0.25, 0.3) is 11.3 Å². The molecule has 0 saturated heterocycles. The van der Waals surface area contributed by atoms with E-state index in [0.717, 1.165) is 49.1 Å². The van der Waals surface area contributed by atoms with Crippen molar-refractivity contribution in [3.8, 4) is 17.0 Å². The van der Waals surface area contributed by atoms with Crippen molar-refractivity contribution in [1.29, 1.82) is 0 Å². The minimum atomic E-state index is -0.918. The molecular weight excluding hydrogens is 394 g/mol. The molecule has 0 fully saturated rings. The van der Waals surface area contributed by atoms with Gasteiger partial charge in [0.1, 0.15) is 17.7 Å². The zero-order valence-corrected chi connectivity index (χ0v) is 19.4. The van der Waals surface area contributed by atoms with E-state index < -0.39 is 11.2 Å². The van der Waals surface area contributed by atoms with Crippen LogP contribution < -0.4 is 4.74 Å². The van der Waals surface area contributed by atoms with Crippen LogP contribution in [0.15, 0.2) is 37.1 Å². The molecule has 2 aromatic rings. The maximum absolute atomic E-state index is 12.2. The van der Waals surface area contributed by atoms with Crippen LogP contribution in [0.5, 0.6) is 5.75 Å². The van der Waals surface area contributed by atoms with Gasteiger partial charge in [-0.3, -0.25) is 4.98 Å². The van der Waals surface area contributed by atoms with E-state index in [1.165, 1.54) is 6.33 Å².